The molecule has 2 rings (SSSR count). The maximum atomic E-state index is 12.1. The Morgan fingerprint density at radius 1 is 1.41 bits per heavy atom. The lowest BCUT2D eigenvalue weighted by Gasteiger charge is -2.23. The average molecular weight is 306 g/mol. The molecular weight excluding hydrogens is 288 g/mol. The molecular formula is C14H18N4O4. The van der Waals surface area contributed by atoms with Crippen LogP contribution in [0.15, 0.2) is 23.1 Å². The van der Waals surface area contributed by atoms with Gasteiger partial charge in [-0.2, -0.15) is 0 Å². The number of nitrogens with one attached hydrogen (secondary N) is 3. The summed E-state index contributed by atoms with van der Waals surface area (Å²) in [6.07, 6.45) is 2.77. The molecule has 0 spiro atoms. The van der Waals surface area contributed by atoms with Crippen molar-refractivity contribution in [3.63, 3.8) is 0 Å². The fraction of sp³-hybridized carbons (Fsp3) is 0.429. The molecule has 3 N–H and O–H groups in total. The summed E-state index contributed by atoms with van der Waals surface area (Å²) in [5, 5.41) is 4.94. The molecule has 1 saturated heterocycles. The van der Waals surface area contributed by atoms with Gasteiger partial charge >= 0.3 is 0 Å². The molecule has 0 bridgehead atoms. The van der Waals surface area contributed by atoms with Crippen molar-refractivity contribution in [3.05, 3.63) is 34.2 Å². The van der Waals surface area contributed by atoms with Crippen molar-refractivity contribution in [2.24, 2.45) is 0 Å². The maximum absolute atomic E-state index is 12.1. The van der Waals surface area contributed by atoms with Gasteiger partial charge in [0.05, 0.1) is 6.54 Å². The Labute approximate surface area is 126 Å². The van der Waals surface area contributed by atoms with Crippen LogP contribution in [0.2, 0.25) is 0 Å². The number of aromatic amines is 1. The molecule has 0 saturated carbocycles. The SMILES string of the molecule is CNC(=O)C1CCCN1C(=O)CNC(=O)c1ccc[nH]c1=O. The van der Waals surface area contributed by atoms with Gasteiger partial charge in [-0.15, -0.1) is 0 Å². The van der Waals surface area contributed by atoms with Crippen LogP contribution in [-0.2, 0) is 9.59 Å². The first-order valence-electron chi connectivity index (χ1n) is 7.01. The molecule has 8 heteroatoms. The van der Waals surface area contributed by atoms with Gasteiger partial charge in [0.15, 0.2) is 0 Å². The number of hydrogen-bond acceptors (Lipinski definition) is 4. The number of H-pyrrole nitrogens is 1. The molecule has 1 aromatic heterocycles. The Balaban J connectivity index is 1.95. The summed E-state index contributed by atoms with van der Waals surface area (Å²) in [4.78, 5) is 51.0. The minimum Gasteiger partial charge on any atom is -0.357 e. The van der Waals surface area contributed by atoms with Crippen LogP contribution in [0.1, 0.15) is 23.2 Å². The molecule has 8 nitrogen and oxygen atoms in total. The molecule has 3 amide bonds. The van der Waals surface area contributed by atoms with Gasteiger partial charge in [0, 0.05) is 19.8 Å². The van der Waals surface area contributed by atoms with Crippen LogP contribution in [-0.4, -0.2) is 53.8 Å². The molecule has 1 aliphatic heterocycles. The molecule has 1 aromatic rings. The predicted molar refractivity (Wildman–Crippen MR) is 78.2 cm³/mol. The topological polar surface area (TPSA) is 111 Å². The molecule has 2 heterocycles. The number of hydrogen-bond donors (Lipinski definition) is 3. The summed E-state index contributed by atoms with van der Waals surface area (Å²) >= 11 is 0. The van der Waals surface area contributed by atoms with Gasteiger partial charge in [-0.05, 0) is 25.0 Å². The number of carbonyl (C=O) groups is 3. The van der Waals surface area contributed by atoms with Crippen molar-refractivity contribution in [2.45, 2.75) is 18.9 Å². The Bertz CT molecular complexity index is 640. The fourth-order valence-electron chi connectivity index (χ4n) is 2.46. The molecule has 1 unspecified atom stereocenters. The fourth-order valence-corrected chi connectivity index (χ4v) is 2.46. The molecule has 0 radical (unpaired) electrons. The lowest BCUT2D eigenvalue weighted by Crippen LogP contribution is -2.48. The van der Waals surface area contributed by atoms with Crippen LogP contribution in [0.4, 0.5) is 0 Å². The second kappa shape index (κ2) is 6.88. The monoisotopic (exact) mass is 306 g/mol. The van der Waals surface area contributed by atoms with Gasteiger partial charge in [0.2, 0.25) is 11.8 Å². The van der Waals surface area contributed by atoms with Crippen LogP contribution >= 0.6 is 0 Å². The number of nitrogens with zero attached hydrogens (tertiary/aromatic N) is 1. The molecule has 1 aliphatic rings. The number of carbonyl (C=O) groups excluding carboxylic acids is 3. The first kappa shape index (κ1) is 15.7. The Hall–Kier alpha value is -2.64. The molecule has 0 aliphatic carbocycles. The van der Waals surface area contributed by atoms with Gasteiger partial charge in [-0.3, -0.25) is 19.2 Å². The van der Waals surface area contributed by atoms with E-state index in [-0.39, 0.29) is 23.9 Å². The highest BCUT2D eigenvalue weighted by molar-refractivity contribution is 5.96. The lowest BCUT2D eigenvalue weighted by molar-refractivity contribution is -0.137. The summed E-state index contributed by atoms with van der Waals surface area (Å²) in [6.45, 7) is 0.235. The van der Waals surface area contributed by atoms with Crippen molar-refractivity contribution in [2.75, 3.05) is 20.1 Å². The zero-order valence-corrected chi connectivity index (χ0v) is 12.2. The summed E-state index contributed by atoms with van der Waals surface area (Å²) < 4.78 is 0. The number of pyridine rings is 1. The predicted octanol–water partition coefficient (Wildman–Crippen LogP) is -1.16. The van der Waals surface area contributed by atoms with Gasteiger partial charge < -0.3 is 20.5 Å². The minimum absolute atomic E-state index is 0.0560. The Kier molecular flexibility index (Phi) is 4.92. The smallest absolute Gasteiger partial charge is 0.260 e. The van der Waals surface area contributed by atoms with Gasteiger partial charge in [0.25, 0.3) is 11.5 Å². The third-order valence-corrected chi connectivity index (χ3v) is 3.59. The number of likely N-dealkylation sites (N-methyl/N-ethyl adjacent to an activating group) is 1. The highest BCUT2D eigenvalue weighted by Gasteiger charge is 2.33. The highest BCUT2D eigenvalue weighted by Crippen LogP contribution is 2.17. The highest BCUT2D eigenvalue weighted by atomic mass is 16.2. The van der Waals surface area contributed by atoms with Crippen molar-refractivity contribution in [1.29, 1.82) is 0 Å². The lowest BCUT2D eigenvalue weighted by atomic mass is 10.2. The number of rotatable bonds is 4. The average Bonchev–Trinajstić information content (AvgIpc) is 3.01. The van der Waals surface area contributed by atoms with E-state index in [0.29, 0.717) is 13.0 Å². The van der Waals surface area contributed by atoms with E-state index in [0.717, 1.165) is 6.42 Å². The second-order valence-corrected chi connectivity index (χ2v) is 4.96. The van der Waals surface area contributed by atoms with E-state index in [4.69, 9.17) is 0 Å². The quantitative estimate of drug-likeness (QED) is 0.651. The Morgan fingerprint density at radius 2 is 2.18 bits per heavy atom. The van der Waals surface area contributed by atoms with E-state index in [2.05, 4.69) is 15.6 Å². The first-order chi connectivity index (χ1) is 10.5. The van der Waals surface area contributed by atoms with E-state index in [1.807, 2.05) is 0 Å². The van der Waals surface area contributed by atoms with Crippen LogP contribution in [0.3, 0.4) is 0 Å². The van der Waals surface area contributed by atoms with Crippen molar-refractivity contribution in [1.82, 2.24) is 20.5 Å². The third-order valence-electron chi connectivity index (χ3n) is 3.59. The summed E-state index contributed by atoms with van der Waals surface area (Å²) in [7, 11) is 1.52. The zero-order valence-electron chi connectivity index (χ0n) is 12.2. The molecule has 0 aromatic carbocycles. The number of likely N-dealkylation sites (tertiary alicyclic amines) is 1. The van der Waals surface area contributed by atoms with E-state index in [1.165, 1.54) is 30.3 Å². The maximum Gasteiger partial charge on any atom is 0.260 e. The molecule has 118 valence electrons. The Morgan fingerprint density at radius 3 is 2.86 bits per heavy atom. The van der Waals surface area contributed by atoms with Crippen LogP contribution in [0.25, 0.3) is 0 Å². The largest absolute Gasteiger partial charge is 0.357 e. The minimum atomic E-state index is -0.620. The van der Waals surface area contributed by atoms with Crippen LogP contribution < -0.4 is 16.2 Å². The van der Waals surface area contributed by atoms with Gasteiger partial charge in [-0.25, -0.2) is 0 Å². The zero-order chi connectivity index (χ0) is 16.1. The van der Waals surface area contributed by atoms with Gasteiger partial charge in [-0.1, -0.05) is 0 Å². The molecule has 22 heavy (non-hydrogen) atoms. The molecule has 1 atom stereocenters. The van der Waals surface area contributed by atoms with Crippen molar-refractivity contribution < 1.29 is 14.4 Å². The summed E-state index contributed by atoms with van der Waals surface area (Å²) in [5.74, 6) is -1.17. The molecule has 1 fully saturated rings. The first-order valence-corrected chi connectivity index (χ1v) is 7.01. The number of amides is 3. The summed E-state index contributed by atoms with van der Waals surface area (Å²) in [6, 6.07) is 2.41. The second-order valence-electron chi connectivity index (χ2n) is 4.96. The normalized spacial score (nSPS) is 17.1. The van der Waals surface area contributed by atoms with Crippen molar-refractivity contribution in [3.8, 4) is 0 Å². The van der Waals surface area contributed by atoms with Crippen LogP contribution in [0.5, 0.6) is 0 Å². The van der Waals surface area contributed by atoms with Gasteiger partial charge in [0.1, 0.15) is 11.6 Å². The van der Waals surface area contributed by atoms with Crippen LogP contribution in [0, 0.1) is 0 Å². The standard InChI is InChI=1S/C14H18N4O4/c1-15-14(22)10-5-3-7-18(10)11(19)8-17-13(21)9-4-2-6-16-12(9)20/h2,4,6,10H,3,5,7-8H2,1H3,(H,15,22)(H,16,20)(H,17,21). The van der Waals surface area contributed by atoms with E-state index < -0.39 is 17.5 Å². The summed E-state index contributed by atoms with van der Waals surface area (Å²) in [5.41, 5.74) is -0.573. The third kappa shape index (κ3) is 3.33. The van der Waals surface area contributed by atoms with Crippen molar-refractivity contribution >= 4 is 17.7 Å². The van der Waals surface area contributed by atoms with E-state index in [1.54, 1.807) is 0 Å². The van der Waals surface area contributed by atoms with E-state index in [9.17, 15) is 19.2 Å². The number of aromatic nitrogens is 1. The van der Waals surface area contributed by atoms with E-state index >= 15 is 0 Å².